The van der Waals surface area contributed by atoms with Crippen LogP contribution in [0.2, 0.25) is 0 Å². The van der Waals surface area contributed by atoms with Crippen LogP contribution in [0.1, 0.15) is 39.0 Å². The minimum Gasteiger partial charge on any atom is -0.313 e. The van der Waals surface area contributed by atoms with E-state index in [2.05, 4.69) is 49.6 Å². The zero-order chi connectivity index (χ0) is 12.8. The summed E-state index contributed by atoms with van der Waals surface area (Å²) in [6.45, 7) is 10.6. The second-order valence-corrected chi connectivity index (χ2v) is 4.97. The van der Waals surface area contributed by atoms with Gasteiger partial charge in [0, 0.05) is 44.0 Å². The van der Waals surface area contributed by atoms with Crippen LogP contribution in [0.25, 0.3) is 0 Å². The van der Waals surface area contributed by atoms with Crippen LogP contribution in [-0.4, -0.2) is 28.4 Å². The lowest BCUT2D eigenvalue weighted by molar-refractivity contribution is 0.473. The van der Waals surface area contributed by atoms with E-state index in [0.29, 0.717) is 12.1 Å². The number of hydrogen-bond acceptors (Lipinski definition) is 3. The van der Waals surface area contributed by atoms with Gasteiger partial charge in [-0.05, 0) is 13.3 Å². The van der Waals surface area contributed by atoms with Crippen LogP contribution >= 0.6 is 0 Å². The fourth-order valence-corrected chi connectivity index (χ4v) is 1.80. The van der Waals surface area contributed by atoms with E-state index in [1.54, 1.807) is 0 Å². The molecule has 1 unspecified atom stereocenters. The number of aryl methyl sites for hydroxylation is 2. The molecule has 0 fully saturated rings. The van der Waals surface area contributed by atoms with E-state index < -0.39 is 0 Å². The Morgan fingerprint density at radius 3 is 2.59 bits per heavy atom. The first-order valence-corrected chi connectivity index (χ1v) is 6.51. The van der Waals surface area contributed by atoms with Crippen molar-refractivity contribution in [3.8, 4) is 0 Å². The molecule has 2 N–H and O–H groups in total. The molecule has 1 atom stereocenters. The molecule has 0 saturated heterocycles. The van der Waals surface area contributed by atoms with E-state index in [1.165, 1.54) is 11.3 Å². The predicted octanol–water partition coefficient (Wildman–Crippen LogP) is 1.46. The molecule has 0 aliphatic heterocycles. The van der Waals surface area contributed by atoms with Gasteiger partial charge >= 0.3 is 0 Å². The van der Waals surface area contributed by atoms with Gasteiger partial charge in [0.05, 0.1) is 5.69 Å². The monoisotopic (exact) mass is 238 g/mol. The Hall–Kier alpha value is -0.870. The van der Waals surface area contributed by atoms with Gasteiger partial charge in [-0.25, -0.2) is 0 Å². The standard InChI is InChI=1S/C13H26N4/c1-6-13-12(9-17(5)16-13)8-15-11(4)7-14-10(2)3/h9-11,14-15H,6-8H2,1-5H3. The molecule has 98 valence electrons. The van der Waals surface area contributed by atoms with Gasteiger partial charge in [0.15, 0.2) is 0 Å². The van der Waals surface area contributed by atoms with E-state index in [9.17, 15) is 0 Å². The van der Waals surface area contributed by atoms with Crippen molar-refractivity contribution in [1.82, 2.24) is 20.4 Å². The summed E-state index contributed by atoms with van der Waals surface area (Å²) in [5.74, 6) is 0. The normalized spacial score (nSPS) is 13.3. The van der Waals surface area contributed by atoms with Gasteiger partial charge < -0.3 is 10.6 Å². The summed E-state index contributed by atoms with van der Waals surface area (Å²) >= 11 is 0. The largest absolute Gasteiger partial charge is 0.313 e. The molecule has 4 heteroatoms. The highest BCUT2D eigenvalue weighted by Gasteiger charge is 2.07. The summed E-state index contributed by atoms with van der Waals surface area (Å²) in [6, 6.07) is 1.02. The lowest BCUT2D eigenvalue weighted by Crippen LogP contribution is -2.38. The molecule has 1 heterocycles. The zero-order valence-electron chi connectivity index (χ0n) is 11.7. The van der Waals surface area contributed by atoms with Crippen LogP contribution in [0.3, 0.4) is 0 Å². The number of nitrogens with zero attached hydrogens (tertiary/aromatic N) is 2. The lowest BCUT2D eigenvalue weighted by Gasteiger charge is -2.16. The number of nitrogens with one attached hydrogen (secondary N) is 2. The van der Waals surface area contributed by atoms with Crippen LogP contribution in [0.5, 0.6) is 0 Å². The molecule has 1 aromatic rings. The van der Waals surface area contributed by atoms with Gasteiger partial charge in [-0.15, -0.1) is 0 Å². The quantitative estimate of drug-likeness (QED) is 0.755. The van der Waals surface area contributed by atoms with Crippen LogP contribution < -0.4 is 10.6 Å². The number of hydrogen-bond donors (Lipinski definition) is 2. The molecule has 0 radical (unpaired) electrons. The van der Waals surface area contributed by atoms with Gasteiger partial charge in [-0.2, -0.15) is 5.10 Å². The van der Waals surface area contributed by atoms with Crippen molar-refractivity contribution in [2.45, 2.75) is 52.7 Å². The molecule has 0 aliphatic rings. The fourth-order valence-electron chi connectivity index (χ4n) is 1.80. The Bertz CT molecular complexity index is 330. The summed E-state index contributed by atoms with van der Waals surface area (Å²) < 4.78 is 1.90. The van der Waals surface area contributed by atoms with Crippen LogP contribution in [0.4, 0.5) is 0 Å². The van der Waals surface area contributed by atoms with Crippen molar-refractivity contribution in [2.75, 3.05) is 6.54 Å². The molecule has 0 spiro atoms. The van der Waals surface area contributed by atoms with Crippen LogP contribution in [-0.2, 0) is 20.0 Å². The Morgan fingerprint density at radius 1 is 1.29 bits per heavy atom. The number of aromatic nitrogens is 2. The molecule has 1 aromatic heterocycles. The van der Waals surface area contributed by atoms with E-state index >= 15 is 0 Å². The maximum atomic E-state index is 4.44. The Morgan fingerprint density at radius 2 is 2.00 bits per heavy atom. The van der Waals surface area contributed by atoms with Crippen molar-refractivity contribution >= 4 is 0 Å². The molecule has 17 heavy (non-hydrogen) atoms. The summed E-state index contributed by atoms with van der Waals surface area (Å²) in [6.07, 6.45) is 3.10. The molecule has 0 saturated carbocycles. The second-order valence-electron chi connectivity index (χ2n) is 4.97. The smallest absolute Gasteiger partial charge is 0.0666 e. The Balaban J connectivity index is 2.38. The van der Waals surface area contributed by atoms with E-state index in [-0.39, 0.29) is 0 Å². The average Bonchev–Trinajstić information content (AvgIpc) is 2.64. The maximum absolute atomic E-state index is 4.44. The lowest BCUT2D eigenvalue weighted by atomic mass is 10.2. The highest BCUT2D eigenvalue weighted by Crippen LogP contribution is 2.06. The van der Waals surface area contributed by atoms with Gasteiger partial charge in [-0.3, -0.25) is 4.68 Å². The SMILES string of the molecule is CCc1nn(C)cc1CNC(C)CNC(C)C. The maximum Gasteiger partial charge on any atom is 0.0666 e. The molecule has 0 amide bonds. The zero-order valence-corrected chi connectivity index (χ0v) is 11.7. The third-order valence-electron chi connectivity index (χ3n) is 2.80. The minimum absolute atomic E-state index is 0.474. The molecule has 0 aliphatic carbocycles. The molecule has 4 nitrogen and oxygen atoms in total. The topological polar surface area (TPSA) is 41.9 Å². The van der Waals surface area contributed by atoms with Gasteiger partial charge in [0.2, 0.25) is 0 Å². The Kier molecular flexibility index (Phi) is 5.65. The first-order chi connectivity index (χ1) is 8.02. The second kappa shape index (κ2) is 6.77. The molecule has 0 aromatic carbocycles. The fraction of sp³-hybridized carbons (Fsp3) is 0.769. The molecule has 0 bridgehead atoms. The van der Waals surface area contributed by atoms with Gasteiger partial charge in [-0.1, -0.05) is 20.8 Å². The van der Waals surface area contributed by atoms with Crippen molar-refractivity contribution in [2.24, 2.45) is 7.05 Å². The number of rotatable bonds is 7. The third kappa shape index (κ3) is 4.88. The highest BCUT2D eigenvalue weighted by atomic mass is 15.3. The molecular formula is C13H26N4. The van der Waals surface area contributed by atoms with Crippen molar-refractivity contribution in [3.63, 3.8) is 0 Å². The molecule has 1 rings (SSSR count). The summed E-state index contributed by atoms with van der Waals surface area (Å²) in [5.41, 5.74) is 2.51. The van der Waals surface area contributed by atoms with Gasteiger partial charge in [0.25, 0.3) is 0 Å². The minimum atomic E-state index is 0.474. The average molecular weight is 238 g/mol. The van der Waals surface area contributed by atoms with Crippen molar-refractivity contribution in [1.29, 1.82) is 0 Å². The third-order valence-corrected chi connectivity index (χ3v) is 2.80. The summed E-state index contributed by atoms with van der Waals surface area (Å²) in [7, 11) is 1.98. The predicted molar refractivity (Wildman–Crippen MR) is 72.0 cm³/mol. The highest BCUT2D eigenvalue weighted by molar-refractivity contribution is 5.16. The van der Waals surface area contributed by atoms with E-state index in [1.807, 2.05) is 11.7 Å². The van der Waals surface area contributed by atoms with E-state index in [4.69, 9.17) is 0 Å². The van der Waals surface area contributed by atoms with Gasteiger partial charge in [0.1, 0.15) is 0 Å². The summed E-state index contributed by atoms with van der Waals surface area (Å²) in [5, 5.41) is 11.4. The van der Waals surface area contributed by atoms with E-state index in [0.717, 1.165) is 19.5 Å². The first-order valence-electron chi connectivity index (χ1n) is 6.51. The van der Waals surface area contributed by atoms with Crippen LogP contribution in [0, 0.1) is 0 Å². The van der Waals surface area contributed by atoms with Crippen molar-refractivity contribution in [3.05, 3.63) is 17.5 Å². The molecular weight excluding hydrogens is 212 g/mol. The van der Waals surface area contributed by atoms with Crippen LogP contribution in [0.15, 0.2) is 6.20 Å². The first kappa shape index (κ1) is 14.2. The van der Waals surface area contributed by atoms with Crippen molar-refractivity contribution < 1.29 is 0 Å². The summed E-state index contributed by atoms with van der Waals surface area (Å²) in [4.78, 5) is 0. The Labute approximate surface area is 105 Å².